The molecule has 174 valence electrons. The van der Waals surface area contributed by atoms with Crippen LogP contribution in [0, 0.1) is 0 Å². The number of benzene rings is 2. The lowest BCUT2D eigenvalue weighted by atomic mass is 9.90. The lowest BCUT2D eigenvalue weighted by Gasteiger charge is -2.23. The first-order valence-corrected chi connectivity index (χ1v) is 11.8. The highest BCUT2D eigenvalue weighted by Gasteiger charge is 2.28. The van der Waals surface area contributed by atoms with Crippen LogP contribution in [0.3, 0.4) is 0 Å². The third kappa shape index (κ3) is 4.07. The fourth-order valence-corrected chi connectivity index (χ4v) is 5.08. The molecular formula is C23H24N2O7S. The van der Waals surface area contributed by atoms with Crippen LogP contribution in [0.2, 0.25) is 0 Å². The molecule has 1 aliphatic carbocycles. The number of carbonyl (C=O) groups is 1. The number of aromatic nitrogens is 2. The van der Waals surface area contributed by atoms with Gasteiger partial charge in [0.15, 0.2) is 5.69 Å². The normalized spacial score (nSPS) is 13.3. The summed E-state index contributed by atoms with van der Waals surface area (Å²) in [5, 5.41) is 4.50. The molecule has 4 rings (SSSR count). The number of fused-ring (bicyclic) bond motifs is 1. The van der Waals surface area contributed by atoms with E-state index in [0.717, 1.165) is 18.4 Å². The van der Waals surface area contributed by atoms with Gasteiger partial charge < -0.3 is 14.2 Å². The molecule has 3 aromatic rings. The lowest BCUT2D eigenvalue weighted by molar-refractivity contribution is 0.0593. The maximum absolute atomic E-state index is 12.4. The van der Waals surface area contributed by atoms with Gasteiger partial charge in [0, 0.05) is 0 Å². The smallest absolute Gasteiger partial charge is 0.358 e. The van der Waals surface area contributed by atoms with Gasteiger partial charge in [0.2, 0.25) is 0 Å². The van der Waals surface area contributed by atoms with Crippen LogP contribution in [-0.4, -0.2) is 50.0 Å². The van der Waals surface area contributed by atoms with Gasteiger partial charge >= 0.3 is 5.97 Å². The van der Waals surface area contributed by atoms with E-state index in [-0.39, 0.29) is 10.6 Å². The van der Waals surface area contributed by atoms with E-state index >= 15 is 0 Å². The summed E-state index contributed by atoms with van der Waals surface area (Å²) >= 11 is 0. The van der Waals surface area contributed by atoms with Gasteiger partial charge in [-0.15, -0.1) is 0 Å². The van der Waals surface area contributed by atoms with Gasteiger partial charge in [-0.25, -0.2) is 9.48 Å². The van der Waals surface area contributed by atoms with E-state index < -0.39 is 16.1 Å². The number of methoxy groups -OCH3 is 3. The summed E-state index contributed by atoms with van der Waals surface area (Å²) < 4.78 is 51.3. The van der Waals surface area contributed by atoms with Crippen molar-refractivity contribution < 1.29 is 32.0 Å². The summed E-state index contributed by atoms with van der Waals surface area (Å²) in [6.07, 6.45) is 2.77. The molecule has 0 bridgehead atoms. The molecular weight excluding hydrogens is 448 g/mol. The van der Waals surface area contributed by atoms with Crippen molar-refractivity contribution >= 4 is 16.1 Å². The molecule has 9 nitrogen and oxygen atoms in total. The third-order valence-electron chi connectivity index (χ3n) is 5.76. The van der Waals surface area contributed by atoms with Crippen LogP contribution >= 0.6 is 0 Å². The van der Waals surface area contributed by atoms with Crippen LogP contribution in [0.15, 0.2) is 41.3 Å². The van der Waals surface area contributed by atoms with Gasteiger partial charge in [-0.1, -0.05) is 6.07 Å². The number of ether oxygens (including phenoxy) is 3. The van der Waals surface area contributed by atoms with E-state index in [2.05, 4.69) is 5.10 Å². The van der Waals surface area contributed by atoms with E-state index in [0.29, 0.717) is 46.8 Å². The zero-order chi connectivity index (χ0) is 23.8. The highest BCUT2D eigenvalue weighted by molar-refractivity contribution is 7.85. The second kappa shape index (κ2) is 8.87. The Balaban J connectivity index is 2.05. The summed E-state index contributed by atoms with van der Waals surface area (Å²) in [5.41, 5.74) is 3.09. The van der Waals surface area contributed by atoms with E-state index in [4.69, 9.17) is 14.2 Å². The van der Waals surface area contributed by atoms with E-state index in [9.17, 15) is 17.8 Å². The second-order valence-electron chi connectivity index (χ2n) is 7.58. The largest absolute Gasteiger partial charge is 0.496 e. The summed E-state index contributed by atoms with van der Waals surface area (Å²) in [6.45, 7) is 0. The van der Waals surface area contributed by atoms with E-state index in [1.807, 2.05) is 0 Å². The lowest BCUT2D eigenvalue weighted by Crippen LogP contribution is -2.15. The molecule has 0 amide bonds. The van der Waals surface area contributed by atoms with Crippen LogP contribution in [0.1, 0.15) is 34.5 Å². The molecule has 10 heteroatoms. The highest BCUT2D eigenvalue weighted by Crippen LogP contribution is 2.41. The van der Waals surface area contributed by atoms with Gasteiger partial charge in [0.25, 0.3) is 10.1 Å². The van der Waals surface area contributed by atoms with Crippen LogP contribution in [0.4, 0.5) is 0 Å². The van der Waals surface area contributed by atoms with Crippen molar-refractivity contribution in [2.45, 2.75) is 30.6 Å². The minimum atomic E-state index is -4.38. The van der Waals surface area contributed by atoms with Gasteiger partial charge in [0.05, 0.1) is 43.2 Å². The van der Waals surface area contributed by atoms with Gasteiger partial charge in [-0.05, 0) is 67.1 Å². The Morgan fingerprint density at radius 1 is 1.00 bits per heavy atom. The molecule has 1 aliphatic rings. The molecule has 0 fully saturated rings. The molecule has 2 aromatic carbocycles. The van der Waals surface area contributed by atoms with Crippen molar-refractivity contribution in [1.29, 1.82) is 0 Å². The quantitative estimate of drug-likeness (QED) is 0.428. The van der Waals surface area contributed by atoms with Gasteiger partial charge in [-0.2, -0.15) is 13.5 Å². The Bertz CT molecular complexity index is 1310. The Kier molecular flexibility index (Phi) is 6.13. The van der Waals surface area contributed by atoms with Gasteiger partial charge in [-0.3, -0.25) is 4.55 Å². The summed E-state index contributed by atoms with van der Waals surface area (Å²) in [7, 11) is -0.0501. The molecule has 0 radical (unpaired) electrons. The number of hydrogen-bond acceptors (Lipinski definition) is 7. The monoisotopic (exact) mass is 472 g/mol. The Morgan fingerprint density at radius 2 is 1.64 bits per heavy atom. The predicted molar refractivity (Wildman–Crippen MR) is 120 cm³/mol. The van der Waals surface area contributed by atoms with Crippen LogP contribution in [0.25, 0.3) is 16.9 Å². The molecule has 33 heavy (non-hydrogen) atoms. The standard InChI is InChI=1S/C23H24N2O7S/c1-30-19-9-6-10-20(31-2)22(19)18-13-16(23(26)32-3)24-25(18)17-11-12-21(33(27,28)29)15-8-5-4-7-14(15)17/h6,9-13H,4-5,7-8H2,1-3H3,(H,27,28,29). The fourth-order valence-electron chi connectivity index (χ4n) is 4.31. The molecule has 0 saturated heterocycles. The Labute approximate surface area is 191 Å². The van der Waals surface area contributed by atoms with Crippen molar-refractivity contribution in [3.8, 4) is 28.4 Å². The van der Waals surface area contributed by atoms with E-state index in [1.54, 1.807) is 35.0 Å². The molecule has 1 aromatic heterocycles. The minimum Gasteiger partial charge on any atom is -0.496 e. The zero-order valence-corrected chi connectivity index (χ0v) is 19.3. The molecule has 1 N–H and O–H groups in total. The SMILES string of the molecule is COC(=O)c1cc(-c2c(OC)cccc2OC)n(-c2ccc(S(=O)(=O)O)c3c2CCCC3)n1. The Hall–Kier alpha value is -3.37. The van der Waals surface area contributed by atoms with Crippen LogP contribution in [0.5, 0.6) is 11.5 Å². The maximum Gasteiger partial charge on any atom is 0.358 e. The molecule has 0 saturated carbocycles. The van der Waals surface area contributed by atoms with Crippen LogP contribution < -0.4 is 9.47 Å². The molecule has 0 atom stereocenters. The summed E-state index contributed by atoms with van der Waals surface area (Å²) in [4.78, 5) is 12.3. The number of hydrogen-bond donors (Lipinski definition) is 1. The third-order valence-corrected chi connectivity index (χ3v) is 6.70. The zero-order valence-electron chi connectivity index (χ0n) is 18.5. The van der Waals surface area contributed by atoms with Crippen molar-refractivity contribution in [3.05, 3.63) is 53.2 Å². The van der Waals surface area contributed by atoms with Gasteiger partial charge in [0.1, 0.15) is 11.5 Å². The van der Waals surface area contributed by atoms with Crippen LogP contribution in [-0.2, 0) is 27.7 Å². The van der Waals surface area contributed by atoms with Crippen molar-refractivity contribution in [3.63, 3.8) is 0 Å². The molecule has 0 unspecified atom stereocenters. The van der Waals surface area contributed by atoms with Crippen molar-refractivity contribution in [1.82, 2.24) is 9.78 Å². The van der Waals surface area contributed by atoms with E-state index in [1.165, 1.54) is 27.4 Å². The number of carbonyl (C=O) groups excluding carboxylic acids is 1. The summed E-state index contributed by atoms with van der Waals surface area (Å²) in [5.74, 6) is 0.401. The first-order chi connectivity index (χ1) is 15.8. The number of esters is 1. The summed E-state index contributed by atoms with van der Waals surface area (Å²) in [6, 6.07) is 9.86. The fraction of sp³-hybridized carbons (Fsp3) is 0.304. The Morgan fingerprint density at radius 3 is 2.21 bits per heavy atom. The second-order valence-corrected chi connectivity index (χ2v) is 8.97. The maximum atomic E-state index is 12.4. The average molecular weight is 473 g/mol. The van der Waals surface area contributed by atoms with Crippen molar-refractivity contribution in [2.24, 2.45) is 0 Å². The molecule has 0 spiro atoms. The number of rotatable bonds is 6. The molecule has 1 heterocycles. The predicted octanol–water partition coefficient (Wildman–Crippen LogP) is 3.47. The molecule has 0 aliphatic heterocycles. The topological polar surface area (TPSA) is 117 Å². The minimum absolute atomic E-state index is 0.0730. The highest BCUT2D eigenvalue weighted by atomic mass is 32.2. The average Bonchev–Trinajstić information content (AvgIpc) is 3.26. The van der Waals surface area contributed by atoms with Crippen molar-refractivity contribution in [2.75, 3.05) is 21.3 Å². The number of nitrogens with zero attached hydrogens (tertiary/aromatic N) is 2. The first-order valence-electron chi connectivity index (χ1n) is 10.3. The first kappa shape index (κ1) is 22.8.